The molecule has 0 aliphatic carbocycles. The molecule has 5 rings (SSSR count). The van der Waals surface area contributed by atoms with Gasteiger partial charge in [-0.3, -0.25) is 4.79 Å². The number of carbonyl (C=O) groups is 1. The van der Waals surface area contributed by atoms with E-state index in [1.807, 2.05) is 36.4 Å². The molecule has 1 aliphatic heterocycles. The number of amides is 1. The van der Waals surface area contributed by atoms with Crippen molar-refractivity contribution in [2.24, 2.45) is 5.10 Å². The zero-order chi connectivity index (χ0) is 20.5. The SMILES string of the molecule is O=C(CNc1ccccc1F)N1N=C(c2cc3ccccc3o2)C[C@H]1c1ccco1. The fraction of sp³-hybridized carbons (Fsp3) is 0.130. The lowest BCUT2D eigenvalue weighted by molar-refractivity contribution is -0.131. The van der Waals surface area contributed by atoms with E-state index in [2.05, 4.69) is 10.4 Å². The van der Waals surface area contributed by atoms with Gasteiger partial charge in [0.05, 0.1) is 18.5 Å². The summed E-state index contributed by atoms with van der Waals surface area (Å²) in [4.78, 5) is 12.9. The smallest absolute Gasteiger partial charge is 0.262 e. The number of halogens is 1. The largest absolute Gasteiger partial charge is 0.467 e. The van der Waals surface area contributed by atoms with Crippen LogP contribution < -0.4 is 5.32 Å². The molecule has 2 aromatic carbocycles. The maximum absolute atomic E-state index is 13.9. The first-order valence-electron chi connectivity index (χ1n) is 9.59. The number of rotatable bonds is 5. The third-order valence-corrected chi connectivity index (χ3v) is 5.05. The number of hydrogen-bond acceptors (Lipinski definition) is 5. The molecule has 150 valence electrons. The van der Waals surface area contributed by atoms with Gasteiger partial charge < -0.3 is 14.2 Å². The molecule has 0 fully saturated rings. The fourth-order valence-electron chi connectivity index (χ4n) is 3.57. The molecule has 7 heteroatoms. The van der Waals surface area contributed by atoms with Gasteiger partial charge in [-0.2, -0.15) is 5.10 Å². The minimum Gasteiger partial charge on any atom is -0.467 e. The number of anilines is 1. The number of furan rings is 2. The molecule has 1 atom stereocenters. The molecule has 0 bridgehead atoms. The van der Waals surface area contributed by atoms with Gasteiger partial charge in [-0.05, 0) is 36.4 Å². The summed E-state index contributed by atoms with van der Waals surface area (Å²) in [6.45, 7) is -0.102. The molecule has 0 spiro atoms. The molecule has 4 aromatic rings. The Hall–Kier alpha value is -3.87. The van der Waals surface area contributed by atoms with Crippen molar-refractivity contribution in [3.05, 3.63) is 90.3 Å². The fourth-order valence-corrected chi connectivity index (χ4v) is 3.57. The molecule has 0 unspecified atom stereocenters. The second-order valence-corrected chi connectivity index (χ2v) is 7.00. The highest BCUT2D eigenvalue weighted by molar-refractivity contribution is 6.03. The number of para-hydroxylation sites is 2. The quantitative estimate of drug-likeness (QED) is 0.512. The number of nitrogens with one attached hydrogen (secondary N) is 1. The Labute approximate surface area is 171 Å². The summed E-state index contributed by atoms with van der Waals surface area (Å²) in [5.74, 6) is 0.528. The van der Waals surface area contributed by atoms with Gasteiger partial charge in [0.25, 0.3) is 5.91 Å². The predicted molar refractivity (Wildman–Crippen MR) is 111 cm³/mol. The first kappa shape index (κ1) is 18.2. The minimum atomic E-state index is -0.416. The van der Waals surface area contributed by atoms with Gasteiger partial charge in [0.1, 0.15) is 28.9 Å². The Morgan fingerprint density at radius 3 is 2.77 bits per heavy atom. The molecule has 3 heterocycles. The van der Waals surface area contributed by atoms with Gasteiger partial charge in [0.2, 0.25) is 0 Å². The number of hydrogen-bond donors (Lipinski definition) is 1. The summed E-state index contributed by atoms with van der Waals surface area (Å²) in [5.41, 5.74) is 1.68. The van der Waals surface area contributed by atoms with Crippen molar-refractivity contribution < 1.29 is 18.0 Å². The molecule has 30 heavy (non-hydrogen) atoms. The highest BCUT2D eigenvalue weighted by atomic mass is 19.1. The van der Waals surface area contributed by atoms with Gasteiger partial charge in [0, 0.05) is 11.8 Å². The van der Waals surface area contributed by atoms with E-state index in [1.54, 1.807) is 30.5 Å². The highest BCUT2D eigenvalue weighted by Gasteiger charge is 2.35. The van der Waals surface area contributed by atoms with Crippen LogP contribution >= 0.6 is 0 Å². The normalized spacial score (nSPS) is 16.1. The first-order chi connectivity index (χ1) is 14.7. The first-order valence-corrected chi connectivity index (χ1v) is 9.59. The molecule has 0 saturated heterocycles. The van der Waals surface area contributed by atoms with Crippen LogP contribution in [-0.4, -0.2) is 23.2 Å². The van der Waals surface area contributed by atoms with E-state index in [-0.39, 0.29) is 18.1 Å². The van der Waals surface area contributed by atoms with Gasteiger partial charge in [-0.25, -0.2) is 9.40 Å². The number of hydrazone groups is 1. The van der Waals surface area contributed by atoms with Crippen LogP contribution in [0.5, 0.6) is 0 Å². The Balaban J connectivity index is 1.42. The highest BCUT2D eigenvalue weighted by Crippen LogP contribution is 2.34. The third kappa shape index (κ3) is 3.34. The Morgan fingerprint density at radius 1 is 1.13 bits per heavy atom. The zero-order valence-electron chi connectivity index (χ0n) is 15.9. The molecule has 1 aliphatic rings. The maximum atomic E-state index is 13.9. The van der Waals surface area contributed by atoms with E-state index in [1.165, 1.54) is 11.1 Å². The van der Waals surface area contributed by atoms with E-state index in [0.29, 0.717) is 23.7 Å². The summed E-state index contributed by atoms with van der Waals surface area (Å²) in [6, 6.07) is 19.0. The van der Waals surface area contributed by atoms with Crippen LogP contribution in [0, 0.1) is 5.82 Å². The third-order valence-electron chi connectivity index (χ3n) is 5.05. The Bertz CT molecular complexity index is 1200. The standard InChI is InChI=1S/C23H18FN3O3/c24-16-7-2-3-8-17(16)25-14-23(28)27-19(21-10-5-11-29-21)13-18(26-27)22-12-15-6-1-4-9-20(15)30-22/h1-12,19,25H,13-14H2/t19-/m0/s1. The summed E-state index contributed by atoms with van der Waals surface area (Å²) in [7, 11) is 0. The molecule has 1 amide bonds. The van der Waals surface area contributed by atoms with Crippen LogP contribution in [0.2, 0.25) is 0 Å². The lowest BCUT2D eigenvalue weighted by Gasteiger charge is -2.20. The van der Waals surface area contributed by atoms with Crippen LogP contribution in [0.3, 0.4) is 0 Å². The topological polar surface area (TPSA) is 71.0 Å². The van der Waals surface area contributed by atoms with Crippen molar-refractivity contribution in [3.8, 4) is 0 Å². The maximum Gasteiger partial charge on any atom is 0.262 e. The molecule has 2 aromatic heterocycles. The Morgan fingerprint density at radius 2 is 1.97 bits per heavy atom. The van der Waals surface area contributed by atoms with E-state index >= 15 is 0 Å². The van der Waals surface area contributed by atoms with E-state index < -0.39 is 11.9 Å². The predicted octanol–water partition coefficient (Wildman–Crippen LogP) is 4.95. The number of benzene rings is 2. The van der Waals surface area contributed by atoms with Crippen LogP contribution in [0.1, 0.15) is 24.0 Å². The molecular formula is C23H18FN3O3. The van der Waals surface area contributed by atoms with E-state index in [0.717, 1.165) is 11.0 Å². The summed E-state index contributed by atoms with van der Waals surface area (Å²) < 4.78 is 25.3. The summed E-state index contributed by atoms with van der Waals surface area (Å²) >= 11 is 0. The van der Waals surface area contributed by atoms with Crippen molar-refractivity contribution in [2.75, 3.05) is 11.9 Å². The minimum absolute atomic E-state index is 0.102. The number of carbonyl (C=O) groups excluding carboxylic acids is 1. The van der Waals surface area contributed by atoms with Crippen molar-refractivity contribution in [1.82, 2.24) is 5.01 Å². The summed E-state index contributed by atoms with van der Waals surface area (Å²) in [6.07, 6.45) is 2.02. The molecule has 1 N–H and O–H groups in total. The van der Waals surface area contributed by atoms with Crippen molar-refractivity contribution in [1.29, 1.82) is 0 Å². The average molecular weight is 403 g/mol. The molecule has 6 nitrogen and oxygen atoms in total. The van der Waals surface area contributed by atoms with E-state index in [4.69, 9.17) is 8.83 Å². The van der Waals surface area contributed by atoms with Crippen LogP contribution in [-0.2, 0) is 4.79 Å². The van der Waals surface area contributed by atoms with E-state index in [9.17, 15) is 9.18 Å². The Kier molecular flexibility index (Phi) is 4.55. The van der Waals surface area contributed by atoms with Crippen LogP contribution in [0.25, 0.3) is 11.0 Å². The zero-order valence-corrected chi connectivity index (χ0v) is 15.9. The molecular weight excluding hydrogens is 385 g/mol. The van der Waals surface area contributed by atoms with Gasteiger partial charge in [0.15, 0.2) is 5.76 Å². The number of nitrogens with zero attached hydrogens (tertiary/aromatic N) is 2. The molecule has 0 radical (unpaired) electrons. The number of fused-ring (bicyclic) bond motifs is 1. The lowest BCUT2D eigenvalue weighted by atomic mass is 10.1. The second kappa shape index (κ2) is 7.51. The van der Waals surface area contributed by atoms with Gasteiger partial charge in [-0.15, -0.1) is 0 Å². The monoisotopic (exact) mass is 403 g/mol. The van der Waals surface area contributed by atoms with Gasteiger partial charge >= 0.3 is 0 Å². The van der Waals surface area contributed by atoms with Crippen LogP contribution in [0.15, 0.2) is 86.9 Å². The molecule has 0 saturated carbocycles. The van der Waals surface area contributed by atoms with Crippen molar-refractivity contribution >= 4 is 28.3 Å². The van der Waals surface area contributed by atoms with Crippen molar-refractivity contribution in [2.45, 2.75) is 12.5 Å². The lowest BCUT2D eigenvalue weighted by Crippen LogP contribution is -2.32. The second-order valence-electron chi connectivity index (χ2n) is 7.00. The summed E-state index contributed by atoms with van der Waals surface area (Å²) in [5, 5.41) is 9.73. The van der Waals surface area contributed by atoms with Crippen LogP contribution in [0.4, 0.5) is 10.1 Å². The average Bonchev–Trinajstić information content (AvgIpc) is 3.51. The van der Waals surface area contributed by atoms with Crippen molar-refractivity contribution in [3.63, 3.8) is 0 Å². The van der Waals surface area contributed by atoms with Gasteiger partial charge in [-0.1, -0.05) is 30.3 Å².